The smallest absolute Gasteiger partial charge is 0.326 e. The summed E-state index contributed by atoms with van der Waals surface area (Å²) in [6, 6.07) is -0.583. The maximum absolute atomic E-state index is 12.1. The monoisotopic (exact) mass is 285 g/mol. The molecule has 1 heterocycles. The molecular formula is C14H27N3O3. The average molecular weight is 285 g/mol. The fraction of sp³-hybridized carbons (Fsp3) is 0.857. The molecule has 0 aromatic carbocycles. The molecule has 1 saturated heterocycles. The van der Waals surface area contributed by atoms with Gasteiger partial charge in [-0.05, 0) is 26.2 Å². The third kappa shape index (κ3) is 5.00. The summed E-state index contributed by atoms with van der Waals surface area (Å²) in [5.41, 5.74) is 0. The second kappa shape index (κ2) is 7.47. The number of nitrogens with one attached hydrogen (secondary N) is 1. The summed E-state index contributed by atoms with van der Waals surface area (Å²) >= 11 is 0. The molecule has 1 fully saturated rings. The number of carbonyl (C=O) groups excluding carboxylic acids is 1. The Morgan fingerprint density at radius 2 is 1.65 bits per heavy atom. The molecular weight excluding hydrogens is 258 g/mol. The van der Waals surface area contributed by atoms with Gasteiger partial charge in [0.15, 0.2) is 0 Å². The summed E-state index contributed by atoms with van der Waals surface area (Å²) in [6.45, 7) is 11.2. The van der Waals surface area contributed by atoms with E-state index in [1.54, 1.807) is 4.90 Å². The molecule has 2 N–H and O–H groups in total. The summed E-state index contributed by atoms with van der Waals surface area (Å²) in [4.78, 5) is 27.3. The Labute approximate surface area is 121 Å². The molecule has 0 aromatic rings. The quantitative estimate of drug-likeness (QED) is 0.796. The molecule has 0 bridgehead atoms. The van der Waals surface area contributed by atoms with Crippen molar-refractivity contribution in [2.45, 2.75) is 46.2 Å². The summed E-state index contributed by atoms with van der Waals surface area (Å²) < 4.78 is 0. The Morgan fingerprint density at radius 1 is 1.10 bits per heavy atom. The molecule has 1 unspecified atom stereocenters. The molecule has 116 valence electrons. The second-order valence-corrected chi connectivity index (χ2v) is 6.09. The van der Waals surface area contributed by atoms with E-state index in [2.05, 4.69) is 24.1 Å². The number of carbonyl (C=O) groups is 2. The normalized spacial score (nSPS) is 18.4. The van der Waals surface area contributed by atoms with E-state index in [1.807, 2.05) is 13.8 Å². The fourth-order valence-corrected chi connectivity index (χ4v) is 2.37. The molecule has 0 radical (unpaired) electrons. The lowest BCUT2D eigenvalue weighted by atomic mass is 10.0. The predicted molar refractivity (Wildman–Crippen MR) is 77.7 cm³/mol. The van der Waals surface area contributed by atoms with Crippen LogP contribution >= 0.6 is 0 Å². The summed E-state index contributed by atoms with van der Waals surface area (Å²) in [5, 5.41) is 11.8. The van der Waals surface area contributed by atoms with Crippen molar-refractivity contribution in [3.05, 3.63) is 0 Å². The third-order valence-corrected chi connectivity index (χ3v) is 3.63. The zero-order valence-corrected chi connectivity index (χ0v) is 12.9. The lowest BCUT2D eigenvalue weighted by Crippen LogP contribution is -2.55. The highest BCUT2D eigenvalue weighted by Gasteiger charge is 2.26. The standard InChI is InChI=1S/C14H27N3O3/c1-10(2)9-12(13(18)19)15-14(20)17-7-5-16(6-8-17)11(3)4/h10-12H,5-9H2,1-4H3,(H,15,20)(H,18,19). The van der Waals surface area contributed by atoms with Crippen molar-refractivity contribution >= 4 is 12.0 Å². The van der Waals surface area contributed by atoms with Gasteiger partial charge in [0.2, 0.25) is 0 Å². The van der Waals surface area contributed by atoms with Gasteiger partial charge >= 0.3 is 12.0 Å². The van der Waals surface area contributed by atoms with Crippen molar-refractivity contribution in [2.75, 3.05) is 26.2 Å². The van der Waals surface area contributed by atoms with Gasteiger partial charge in [0.25, 0.3) is 0 Å². The minimum absolute atomic E-state index is 0.231. The SMILES string of the molecule is CC(C)CC(NC(=O)N1CCN(C(C)C)CC1)C(=O)O. The molecule has 6 nitrogen and oxygen atoms in total. The maximum Gasteiger partial charge on any atom is 0.326 e. The van der Waals surface area contributed by atoms with E-state index in [4.69, 9.17) is 5.11 Å². The zero-order valence-electron chi connectivity index (χ0n) is 12.9. The van der Waals surface area contributed by atoms with Crippen molar-refractivity contribution < 1.29 is 14.7 Å². The van der Waals surface area contributed by atoms with E-state index >= 15 is 0 Å². The number of aliphatic carboxylic acids is 1. The number of amides is 2. The van der Waals surface area contributed by atoms with Crippen LogP contribution in [-0.4, -0.2) is 65.2 Å². The van der Waals surface area contributed by atoms with Crippen LogP contribution in [0.25, 0.3) is 0 Å². The molecule has 6 heteroatoms. The van der Waals surface area contributed by atoms with Crippen LogP contribution in [-0.2, 0) is 4.79 Å². The molecule has 0 spiro atoms. The Morgan fingerprint density at radius 3 is 2.05 bits per heavy atom. The summed E-state index contributed by atoms with van der Waals surface area (Å²) in [5.74, 6) is -0.734. The van der Waals surface area contributed by atoms with Gasteiger partial charge in [0, 0.05) is 32.2 Å². The van der Waals surface area contributed by atoms with Crippen molar-refractivity contribution in [1.29, 1.82) is 0 Å². The van der Waals surface area contributed by atoms with Crippen LogP contribution in [0.2, 0.25) is 0 Å². The van der Waals surface area contributed by atoms with Gasteiger partial charge in [0.05, 0.1) is 0 Å². The van der Waals surface area contributed by atoms with Gasteiger partial charge in [-0.25, -0.2) is 9.59 Å². The maximum atomic E-state index is 12.1. The van der Waals surface area contributed by atoms with Crippen LogP contribution in [0.15, 0.2) is 0 Å². The van der Waals surface area contributed by atoms with Crippen molar-refractivity contribution in [3.8, 4) is 0 Å². The van der Waals surface area contributed by atoms with E-state index in [-0.39, 0.29) is 11.9 Å². The number of urea groups is 1. The number of carboxylic acid groups (broad SMARTS) is 1. The lowest BCUT2D eigenvalue weighted by Gasteiger charge is -2.37. The van der Waals surface area contributed by atoms with Crippen LogP contribution in [0.5, 0.6) is 0 Å². The van der Waals surface area contributed by atoms with E-state index in [9.17, 15) is 9.59 Å². The number of nitrogens with zero attached hydrogens (tertiary/aromatic N) is 2. The van der Waals surface area contributed by atoms with Gasteiger partial charge in [-0.2, -0.15) is 0 Å². The van der Waals surface area contributed by atoms with Gasteiger partial charge in [-0.1, -0.05) is 13.8 Å². The van der Waals surface area contributed by atoms with Crippen LogP contribution in [0.1, 0.15) is 34.1 Å². The molecule has 1 aliphatic rings. The van der Waals surface area contributed by atoms with Crippen LogP contribution in [0.4, 0.5) is 4.79 Å². The molecule has 1 aliphatic heterocycles. The Balaban J connectivity index is 2.48. The first-order valence-electron chi connectivity index (χ1n) is 7.33. The fourth-order valence-electron chi connectivity index (χ4n) is 2.37. The molecule has 2 amide bonds. The second-order valence-electron chi connectivity index (χ2n) is 6.09. The van der Waals surface area contributed by atoms with E-state index < -0.39 is 12.0 Å². The molecule has 0 saturated carbocycles. The van der Waals surface area contributed by atoms with Crippen LogP contribution in [0.3, 0.4) is 0 Å². The van der Waals surface area contributed by atoms with E-state index in [1.165, 1.54) is 0 Å². The largest absolute Gasteiger partial charge is 0.480 e. The topological polar surface area (TPSA) is 72.9 Å². The summed E-state index contributed by atoms with van der Waals surface area (Å²) in [7, 11) is 0. The highest BCUT2D eigenvalue weighted by Crippen LogP contribution is 2.08. The van der Waals surface area contributed by atoms with Crippen molar-refractivity contribution in [3.63, 3.8) is 0 Å². The van der Waals surface area contributed by atoms with Crippen molar-refractivity contribution in [2.24, 2.45) is 5.92 Å². The number of hydrogen-bond donors (Lipinski definition) is 2. The Hall–Kier alpha value is -1.30. The minimum Gasteiger partial charge on any atom is -0.480 e. The predicted octanol–water partition coefficient (Wildman–Crippen LogP) is 1.22. The number of rotatable bonds is 5. The van der Waals surface area contributed by atoms with E-state index in [0.717, 1.165) is 13.1 Å². The van der Waals surface area contributed by atoms with Gasteiger partial charge in [-0.15, -0.1) is 0 Å². The first-order chi connectivity index (χ1) is 9.31. The Kier molecular flexibility index (Phi) is 6.26. The number of piperazine rings is 1. The van der Waals surface area contributed by atoms with Crippen molar-refractivity contribution in [1.82, 2.24) is 15.1 Å². The first kappa shape index (κ1) is 16.8. The highest BCUT2D eigenvalue weighted by atomic mass is 16.4. The Bertz CT molecular complexity index is 337. The molecule has 0 aromatic heterocycles. The molecule has 1 rings (SSSR count). The van der Waals surface area contributed by atoms with Gasteiger partial charge in [0.1, 0.15) is 6.04 Å². The highest BCUT2D eigenvalue weighted by molar-refractivity contribution is 5.82. The minimum atomic E-state index is -0.965. The molecule has 20 heavy (non-hydrogen) atoms. The van der Waals surface area contributed by atoms with Gasteiger partial charge in [-0.3, -0.25) is 4.90 Å². The average Bonchev–Trinajstić information content (AvgIpc) is 2.37. The first-order valence-corrected chi connectivity index (χ1v) is 7.33. The van der Waals surface area contributed by atoms with Gasteiger partial charge < -0.3 is 15.3 Å². The number of carboxylic acids is 1. The molecule has 0 aliphatic carbocycles. The number of hydrogen-bond acceptors (Lipinski definition) is 3. The van der Waals surface area contributed by atoms with E-state index in [0.29, 0.717) is 25.6 Å². The molecule has 1 atom stereocenters. The third-order valence-electron chi connectivity index (χ3n) is 3.63. The van der Waals surface area contributed by atoms with Crippen LogP contribution < -0.4 is 5.32 Å². The zero-order chi connectivity index (χ0) is 15.3. The van der Waals surface area contributed by atoms with Crippen LogP contribution in [0, 0.1) is 5.92 Å². The summed E-state index contributed by atoms with van der Waals surface area (Å²) in [6.07, 6.45) is 0.451. The lowest BCUT2D eigenvalue weighted by molar-refractivity contribution is -0.139.